The van der Waals surface area contributed by atoms with Crippen molar-refractivity contribution in [3.05, 3.63) is 59.8 Å². The van der Waals surface area contributed by atoms with Crippen LogP contribution in [0.4, 0.5) is 5.82 Å². The van der Waals surface area contributed by atoms with E-state index in [1.807, 2.05) is 32.2 Å². The summed E-state index contributed by atoms with van der Waals surface area (Å²) in [5, 5.41) is 3.00. The highest BCUT2D eigenvalue weighted by Gasteiger charge is 2.44. The van der Waals surface area contributed by atoms with E-state index in [0.29, 0.717) is 6.42 Å². The first-order chi connectivity index (χ1) is 13.6. The van der Waals surface area contributed by atoms with Crippen LogP contribution in [-0.2, 0) is 21.6 Å². The lowest BCUT2D eigenvalue weighted by Gasteiger charge is -2.47. The number of anilines is 1. The third-order valence-electron chi connectivity index (χ3n) is 5.76. The third kappa shape index (κ3) is 3.90. The molecule has 2 aliphatic rings. The molecule has 0 saturated carbocycles. The van der Waals surface area contributed by atoms with E-state index < -0.39 is 0 Å². The Balaban J connectivity index is 1.53. The number of rotatable bonds is 4. The molecule has 5 heteroatoms. The Morgan fingerprint density at radius 2 is 1.96 bits per heavy atom. The molecule has 0 aliphatic carbocycles. The minimum absolute atomic E-state index is 0.0699. The van der Waals surface area contributed by atoms with Gasteiger partial charge in [-0.05, 0) is 56.4 Å². The number of carbonyl (C=O) groups is 1. The summed E-state index contributed by atoms with van der Waals surface area (Å²) in [6.45, 7) is 5.78. The Labute approximate surface area is 167 Å². The lowest BCUT2D eigenvalue weighted by Crippen LogP contribution is -2.50. The lowest BCUT2D eigenvalue weighted by molar-refractivity contribution is -0.142. The highest BCUT2D eigenvalue weighted by molar-refractivity contribution is 5.76. The first-order valence-corrected chi connectivity index (χ1v) is 10.3. The van der Waals surface area contributed by atoms with Crippen molar-refractivity contribution in [2.24, 2.45) is 0 Å². The zero-order valence-electron chi connectivity index (χ0n) is 16.7. The van der Waals surface area contributed by atoms with Crippen LogP contribution in [0.1, 0.15) is 44.2 Å². The maximum absolute atomic E-state index is 12.3. The van der Waals surface area contributed by atoms with Crippen molar-refractivity contribution in [1.82, 2.24) is 10.3 Å². The van der Waals surface area contributed by atoms with Gasteiger partial charge in [0.1, 0.15) is 5.82 Å². The van der Waals surface area contributed by atoms with Gasteiger partial charge in [0.05, 0.1) is 18.1 Å². The molecule has 1 amide bonds. The van der Waals surface area contributed by atoms with E-state index in [1.54, 1.807) is 0 Å². The molecule has 1 fully saturated rings. The summed E-state index contributed by atoms with van der Waals surface area (Å²) in [6.07, 6.45) is 4.79. The van der Waals surface area contributed by atoms with Crippen molar-refractivity contribution in [2.75, 3.05) is 18.0 Å². The topological polar surface area (TPSA) is 54.5 Å². The van der Waals surface area contributed by atoms with Crippen molar-refractivity contribution in [3.8, 4) is 0 Å². The van der Waals surface area contributed by atoms with Crippen LogP contribution in [0.2, 0.25) is 0 Å². The Morgan fingerprint density at radius 3 is 2.68 bits per heavy atom. The van der Waals surface area contributed by atoms with E-state index in [-0.39, 0.29) is 23.7 Å². The van der Waals surface area contributed by atoms with Crippen LogP contribution in [0.15, 0.2) is 48.7 Å². The fourth-order valence-corrected chi connectivity index (χ4v) is 4.54. The molecule has 1 aromatic carbocycles. The van der Waals surface area contributed by atoms with Gasteiger partial charge in [-0.3, -0.25) is 4.79 Å². The van der Waals surface area contributed by atoms with Gasteiger partial charge in [-0.25, -0.2) is 4.98 Å². The molecule has 4 rings (SSSR count). The minimum Gasteiger partial charge on any atom is -0.366 e. The number of amides is 1. The first kappa shape index (κ1) is 18.9. The van der Waals surface area contributed by atoms with Gasteiger partial charge in [0.2, 0.25) is 5.91 Å². The fourth-order valence-electron chi connectivity index (χ4n) is 4.54. The molecular formula is C23H29N3O2. The Bertz CT molecular complexity index is 814. The lowest BCUT2D eigenvalue weighted by atomic mass is 9.78. The van der Waals surface area contributed by atoms with Gasteiger partial charge in [0.25, 0.3) is 0 Å². The number of aromatic nitrogens is 1. The standard InChI is InChI=1S/C23H29N3O2/c1-17(2)25-22(27)16-19-15-18-7-3-4-8-20(18)23(28-19)10-13-26(14-11-23)21-9-5-6-12-24-21/h3-9,12,17,19H,10-11,13-16H2,1-2H3,(H,25,27). The SMILES string of the molecule is CC(C)NC(=O)CC1Cc2ccccc2C2(CCN(c3ccccn3)CC2)O1. The van der Waals surface area contributed by atoms with Crippen molar-refractivity contribution < 1.29 is 9.53 Å². The van der Waals surface area contributed by atoms with Crippen LogP contribution in [0.5, 0.6) is 0 Å². The van der Waals surface area contributed by atoms with Gasteiger partial charge in [-0.1, -0.05) is 30.3 Å². The van der Waals surface area contributed by atoms with Crippen LogP contribution in [0.25, 0.3) is 0 Å². The average molecular weight is 380 g/mol. The van der Waals surface area contributed by atoms with E-state index in [2.05, 4.69) is 45.5 Å². The van der Waals surface area contributed by atoms with Crippen molar-refractivity contribution in [3.63, 3.8) is 0 Å². The monoisotopic (exact) mass is 379 g/mol. The van der Waals surface area contributed by atoms with E-state index in [1.165, 1.54) is 11.1 Å². The molecule has 2 aromatic rings. The number of benzene rings is 1. The number of nitrogens with one attached hydrogen (secondary N) is 1. The van der Waals surface area contributed by atoms with Gasteiger partial charge in [-0.15, -0.1) is 0 Å². The van der Waals surface area contributed by atoms with Crippen molar-refractivity contribution in [1.29, 1.82) is 0 Å². The normalized spacial score (nSPS) is 20.8. The molecule has 148 valence electrons. The van der Waals surface area contributed by atoms with Crippen LogP contribution in [0.3, 0.4) is 0 Å². The smallest absolute Gasteiger partial charge is 0.222 e. The Morgan fingerprint density at radius 1 is 1.21 bits per heavy atom. The number of piperidine rings is 1. The molecule has 0 radical (unpaired) electrons. The number of fused-ring (bicyclic) bond motifs is 2. The molecule has 1 aromatic heterocycles. The number of ether oxygens (including phenoxy) is 1. The summed E-state index contributed by atoms with van der Waals surface area (Å²) in [6, 6.07) is 14.8. The van der Waals surface area contributed by atoms with Crippen molar-refractivity contribution in [2.45, 2.75) is 57.3 Å². The summed E-state index contributed by atoms with van der Waals surface area (Å²) in [7, 11) is 0. The Hall–Kier alpha value is -2.40. The van der Waals surface area contributed by atoms with Gasteiger partial charge in [0, 0.05) is 25.3 Å². The zero-order chi connectivity index (χ0) is 19.6. The van der Waals surface area contributed by atoms with Gasteiger partial charge >= 0.3 is 0 Å². The van der Waals surface area contributed by atoms with Crippen LogP contribution >= 0.6 is 0 Å². The van der Waals surface area contributed by atoms with Crippen LogP contribution < -0.4 is 10.2 Å². The van der Waals surface area contributed by atoms with Gasteiger partial charge in [-0.2, -0.15) is 0 Å². The molecule has 1 saturated heterocycles. The van der Waals surface area contributed by atoms with E-state index in [0.717, 1.165) is 38.2 Å². The molecule has 1 atom stereocenters. The number of hydrogen-bond acceptors (Lipinski definition) is 4. The van der Waals surface area contributed by atoms with Gasteiger partial charge in [0.15, 0.2) is 0 Å². The summed E-state index contributed by atoms with van der Waals surface area (Å²) in [5.41, 5.74) is 2.32. The fraction of sp³-hybridized carbons (Fsp3) is 0.478. The number of nitrogens with zero attached hydrogens (tertiary/aromatic N) is 2. The molecule has 1 unspecified atom stereocenters. The second kappa shape index (κ2) is 7.92. The van der Waals surface area contributed by atoms with Gasteiger partial charge < -0.3 is 15.0 Å². The summed E-state index contributed by atoms with van der Waals surface area (Å²) < 4.78 is 6.67. The minimum atomic E-state index is -0.303. The second-order valence-corrected chi connectivity index (χ2v) is 8.20. The summed E-state index contributed by atoms with van der Waals surface area (Å²) in [4.78, 5) is 19.2. The zero-order valence-corrected chi connectivity index (χ0v) is 16.7. The van der Waals surface area contributed by atoms with Crippen LogP contribution in [0, 0.1) is 0 Å². The highest BCUT2D eigenvalue weighted by atomic mass is 16.5. The van der Waals surface area contributed by atoms with Crippen molar-refractivity contribution >= 4 is 11.7 Å². The predicted molar refractivity (Wildman–Crippen MR) is 110 cm³/mol. The maximum Gasteiger partial charge on any atom is 0.222 e. The highest BCUT2D eigenvalue weighted by Crippen LogP contribution is 2.44. The quantitative estimate of drug-likeness (QED) is 0.884. The molecular weight excluding hydrogens is 350 g/mol. The molecule has 5 nitrogen and oxygen atoms in total. The maximum atomic E-state index is 12.3. The van der Waals surface area contributed by atoms with E-state index in [9.17, 15) is 4.79 Å². The largest absolute Gasteiger partial charge is 0.366 e. The molecule has 3 heterocycles. The van der Waals surface area contributed by atoms with E-state index in [4.69, 9.17) is 4.74 Å². The number of hydrogen-bond donors (Lipinski definition) is 1. The summed E-state index contributed by atoms with van der Waals surface area (Å²) >= 11 is 0. The third-order valence-corrected chi connectivity index (χ3v) is 5.76. The number of carbonyl (C=O) groups excluding carboxylic acids is 1. The summed E-state index contributed by atoms with van der Waals surface area (Å²) in [5.74, 6) is 1.09. The predicted octanol–water partition coefficient (Wildman–Crippen LogP) is 3.43. The molecule has 28 heavy (non-hydrogen) atoms. The number of pyridine rings is 1. The van der Waals surface area contributed by atoms with E-state index >= 15 is 0 Å². The van der Waals surface area contributed by atoms with Crippen LogP contribution in [-0.4, -0.2) is 36.1 Å². The second-order valence-electron chi connectivity index (χ2n) is 8.20. The Kier molecular flexibility index (Phi) is 5.36. The molecule has 1 N–H and O–H groups in total. The molecule has 2 aliphatic heterocycles. The average Bonchev–Trinajstić information content (AvgIpc) is 2.69. The first-order valence-electron chi connectivity index (χ1n) is 10.3. The molecule has 0 bridgehead atoms. The molecule has 1 spiro atoms.